The molecule has 3 rings (SSSR count). The maximum absolute atomic E-state index is 6.11. The fraction of sp³-hybridized carbons (Fsp3) is 0.333. The van der Waals surface area contributed by atoms with Gasteiger partial charge in [0.1, 0.15) is 0 Å². The van der Waals surface area contributed by atoms with Crippen molar-refractivity contribution in [3.63, 3.8) is 0 Å². The number of hydrogen-bond acceptors (Lipinski definition) is 2. The fourth-order valence-corrected chi connectivity index (χ4v) is 2.95. The topological polar surface area (TPSA) is 18.5 Å². The highest BCUT2D eigenvalue weighted by atomic mass is 16.5. The van der Waals surface area contributed by atoms with Crippen molar-refractivity contribution in [2.45, 2.75) is 26.2 Å². The van der Waals surface area contributed by atoms with Gasteiger partial charge in [-0.2, -0.15) is 0 Å². The number of allylic oxidation sites excluding steroid dienone is 1. The summed E-state index contributed by atoms with van der Waals surface area (Å²) in [6.45, 7) is 4.27. The van der Waals surface area contributed by atoms with E-state index >= 15 is 0 Å². The van der Waals surface area contributed by atoms with Crippen LogP contribution in [0.15, 0.2) is 72.8 Å². The molecule has 0 saturated heterocycles. The second kappa shape index (κ2) is 8.09. The molecule has 0 bridgehead atoms. The van der Waals surface area contributed by atoms with Crippen molar-refractivity contribution < 1.29 is 9.47 Å². The highest BCUT2D eigenvalue weighted by Gasteiger charge is 2.29. The first-order valence-electron chi connectivity index (χ1n) is 8.28. The van der Waals surface area contributed by atoms with Gasteiger partial charge in [0.05, 0.1) is 25.9 Å². The molecule has 1 aliphatic rings. The minimum Gasteiger partial charge on any atom is -0.376 e. The number of benzene rings is 2. The van der Waals surface area contributed by atoms with Gasteiger partial charge in [0.15, 0.2) is 0 Å². The average molecular weight is 308 g/mol. The van der Waals surface area contributed by atoms with E-state index < -0.39 is 0 Å². The first-order chi connectivity index (χ1) is 11.3. The van der Waals surface area contributed by atoms with Crippen molar-refractivity contribution in [3.8, 4) is 0 Å². The quantitative estimate of drug-likeness (QED) is 0.695. The lowest BCUT2D eigenvalue weighted by molar-refractivity contribution is -0.0139. The van der Waals surface area contributed by atoms with Crippen molar-refractivity contribution in [3.05, 3.63) is 83.9 Å². The van der Waals surface area contributed by atoms with Crippen LogP contribution in [0, 0.1) is 11.8 Å². The Kier molecular flexibility index (Phi) is 5.62. The summed E-state index contributed by atoms with van der Waals surface area (Å²) in [5.74, 6) is 0.883. The van der Waals surface area contributed by atoms with Gasteiger partial charge in [-0.3, -0.25) is 0 Å². The lowest BCUT2D eigenvalue weighted by Gasteiger charge is -2.23. The van der Waals surface area contributed by atoms with E-state index in [4.69, 9.17) is 9.47 Å². The fourth-order valence-electron chi connectivity index (χ4n) is 2.95. The van der Waals surface area contributed by atoms with Crippen LogP contribution in [0.2, 0.25) is 0 Å². The Morgan fingerprint density at radius 3 is 2.04 bits per heavy atom. The van der Waals surface area contributed by atoms with E-state index in [-0.39, 0.29) is 6.10 Å². The van der Waals surface area contributed by atoms with Crippen LogP contribution in [0.5, 0.6) is 0 Å². The van der Waals surface area contributed by atoms with Gasteiger partial charge in [0.2, 0.25) is 0 Å². The summed E-state index contributed by atoms with van der Waals surface area (Å²) in [4.78, 5) is 0. The summed E-state index contributed by atoms with van der Waals surface area (Å²) in [6.07, 6.45) is 4.57. The molecule has 120 valence electrons. The summed E-state index contributed by atoms with van der Waals surface area (Å²) in [5, 5.41) is 0. The largest absolute Gasteiger partial charge is 0.376 e. The Morgan fingerprint density at radius 1 is 0.783 bits per heavy atom. The van der Waals surface area contributed by atoms with Crippen LogP contribution in [0.1, 0.15) is 18.1 Å². The Hall–Kier alpha value is -1.90. The van der Waals surface area contributed by atoms with Crippen molar-refractivity contribution in [1.29, 1.82) is 0 Å². The van der Waals surface area contributed by atoms with Crippen LogP contribution in [0.25, 0.3) is 0 Å². The summed E-state index contributed by atoms with van der Waals surface area (Å²) < 4.78 is 12.0. The van der Waals surface area contributed by atoms with Crippen LogP contribution in [0.3, 0.4) is 0 Å². The highest BCUT2D eigenvalue weighted by Crippen LogP contribution is 2.29. The SMILES string of the molecule is CC1C=CC(OCc2ccccc2)C1COCc1ccccc1. The predicted molar refractivity (Wildman–Crippen MR) is 92.9 cm³/mol. The van der Waals surface area contributed by atoms with Crippen LogP contribution >= 0.6 is 0 Å². The molecule has 2 aromatic carbocycles. The third-order valence-electron chi connectivity index (χ3n) is 4.41. The molecule has 2 nitrogen and oxygen atoms in total. The third-order valence-corrected chi connectivity index (χ3v) is 4.41. The number of rotatable bonds is 7. The zero-order chi connectivity index (χ0) is 15.9. The van der Waals surface area contributed by atoms with E-state index in [1.807, 2.05) is 36.4 Å². The minimum atomic E-state index is 0.140. The molecule has 0 aromatic heterocycles. The van der Waals surface area contributed by atoms with Crippen LogP contribution in [-0.2, 0) is 22.7 Å². The normalized spacial score (nSPS) is 23.3. The average Bonchev–Trinajstić information content (AvgIpc) is 2.95. The van der Waals surface area contributed by atoms with E-state index in [9.17, 15) is 0 Å². The van der Waals surface area contributed by atoms with E-state index in [1.54, 1.807) is 0 Å². The smallest absolute Gasteiger partial charge is 0.0816 e. The molecule has 1 aliphatic carbocycles. The minimum absolute atomic E-state index is 0.140. The third kappa shape index (κ3) is 4.54. The molecule has 0 N–H and O–H groups in total. The molecule has 23 heavy (non-hydrogen) atoms. The van der Waals surface area contributed by atoms with Crippen LogP contribution in [0.4, 0.5) is 0 Å². The summed E-state index contributed by atoms with van der Waals surface area (Å²) in [6, 6.07) is 20.6. The molecule has 0 aliphatic heterocycles. The molecule has 0 radical (unpaired) electrons. The highest BCUT2D eigenvalue weighted by molar-refractivity contribution is 5.15. The lowest BCUT2D eigenvalue weighted by atomic mass is 9.96. The van der Waals surface area contributed by atoms with E-state index in [0.717, 1.165) is 6.61 Å². The monoisotopic (exact) mass is 308 g/mol. The zero-order valence-electron chi connectivity index (χ0n) is 13.6. The maximum Gasteiger partial charge on any atom is 0.0816 e. The van der Waals surface area contributed by atoms with Gasteiger partial charge < -0.3 is 9.47 Å². The van der Waals surface area contributed by atoms with Crippen molar-refractivity contribution in [2.24, 2.45) is 11.8 Å². The van der Waals surface area contributed by atoms with Crippen molar-refractivity contribution >= 4 is 0 Å². The van der Waals surface area contributed by atoms with Crippen LogP contribution < -0.4 is 0 Å². The summed E-state index contributed by atoms with van der Waals surface area (Å²) in [5.41, 5.74) is 2.43. The number of ether oxygens (including phenoxy) is 2. The van der Waals surface area contributed by atoms with E-state index in [0.29, 0.717) is 25.0 Å². The van der Waals surface area contributed by atoms with Gasteiger partial charge in [0.25, 0.3) is 0 Å². The molecular formula is C21H24O2. The van der Waals surface area contributed by atoms with Crippen LogP contribution in [-0.4, -0.2) is 12.7 Å². The molecular weight excluding hydrogens is 284 g/mol. The van der Waals surface area contributed by atoms with Gasteiger partial charge >= 0.3 is 0 Å². The second-order valence-electron chi connectivity index (χ2n) is 6.17. The van der Waals surface area contributed by atoms with Crippen molar-refractivity contribution in [2.75, 3.05) is 6.61 Å². The molecule has 0 fully saturated rings. The molecule has 0 saturated carbocycles. The zero-order valence-corrected chi connectivity index (χ0v) is 13.6. The number of hydrogen-bond donors (Lipinski definition) is 0. The van der Waals surface area contributed by atoms with Gasteiger partial charge in [-0.05, 0) is 17.0 Å². The second-order valence-corrected chi connectivity index (χ2v) is 6.17. The molecule has 0 amide bonds. The standard InChI is InChI=1S/C21H24O2/c1-17-12-13-21(23-15-19-10-6-3-7-11-19)20(17)16-22-14-18-8-4-2-5-9-18/h2-13,17,20-21H,14-16H2,1H3. The summed E-state index contributed by atoms with van der Waals surface area (Å²) in [7, 11) is 0. The van der Waals surface area contributed by atoms with Crippen molar-refractivity contribution in [1.82, 2.24) is 0 Å². The lowest BCUT2D eigenvalue weighted by Crippen LogP contribution is -2.26. The Labute approximate surface area is 138 Å². The molecule has 2 aromatic rings. The Bertz CT molecular complexity index is 606. The predicted octanol–water partition coefficient (Wildman–Crippen LogP) is 4.61. The van der Waals surface area contributed by atoms with Gasteiger partial charge in [-0.25, -0.2) is 0 Å². The van der Waals surface area contributed by atoms with Gasteiger partial charge in [0, 0.05) is 5.92 Å². The first-order valence-corrected chi connectivity index (χ1v) is 8.28. The Balaban J connectivity index is 1.48. The molecule has 3 unspecified atom stereocenters. The summed E-state index contributed by atoms with van der Waals surface area (Å²) >= 11 is 0. The van der Waals surface area contributed by atoms with Gasteiger partial charge in [-0.1, -0.05) is 79.7 Å². The maximum atomic E-state index is 6.11. The molecule has 3 atom stereocenters. The molecule has 2 heteroatoms. The molecule has 0 spiro atoms. The van der Waals surface area contributed by atoms with Gasteiger partial charge in [-0.15, -0.1) is 0 Å². The molecule has 0 heterocycles. The Morgan fingerprint density at radius 2 is 1.39 bits per heavy atom. The first kappa shape index (κ1) is 16.0. The van der Waals surface area contributed by atoms with E-state index in [2.05, 4.69) is 43.3 Å². The van der Waals surface area contributed by atoms with E-state index in [1.165, 1.54) is 11.1 Å².